The highest BCUT2D eigenvalue weighted by atomic mass is 19.4. The number of carbonyl (C=O) groups is 1. The van der Waals surface area contributed by atoms with E-state index in [0.717, 1.165) is 44.3 Å². The fourth-order valence-electron chi connectivity index (χ4n) is 6.36. The van der Waals surface area contributed by atoms with E-state index in [2.05, 4.69) is 31.4 Å². The first kappa shape index (κ1) is 29.8. The highest BCUT2D eigenvalue weighted by Gasteiger charge is 2.40. The number of piperidine rings is 2. The van der Waals surface area contributed by atoms with Gasteiger partial charge >= 0.3 is 6.36 Å². The largest absolute Gasteiger partial charge is 0.573 e. The first-order valence-electron chi connectivity index (χ1n) is 14.5. The lowest BCUT2D eigenvalue weighted by molar-refractivity contribution is -0.274. The van der Waals surface area contributed by atoms with Gasteiger partial charge in [-0.05, 0) is 64.2 Å². The second kappa shape index (κ2) is 12.3. The number of likely N-dealkylation sites (tertiary alicyclic amines) is 2. The van der Waals surface area contributed by atoms with E-state index >= 15 is 0 Å². The molecule has 0 unspecified atom stereocenters. The molecular formula is C32H38F3N5O2. The van der Waals surface area contributed by atoms with Crippen molar-refractivity contribution in [3.8, 4) is 5.75 Å². The molecule has 0 atom stereocenters. The first-order valence-corrected chi connectivity index (χ1v) is 14.5. The standard InChI is InChI=1S/C32H38F3N5O2/c1-23-29(24(2)37-22-36-23)30(41)38-18-14-31(3,15-19-38)39-16-12-26(13-17-39)40(21-25-8-5-4-6-9-25)27-10-7-11-28(20-27)42-32(33,34)35/h4-11,20,22,26H,12-19,21H2,1-3H3. The maximum atomic E-state index is 13.3. The number of aromatic nitrogens is 2. The van der Waals surface area contributed by atoms with Crippen molar-refractivity contribution >= 4 is 11.6 Å². The minimum atomic E-state index is -4.74. The van der Waals surface area contributed by atoms with Crippen LogP contribution in [0.2, 0.25) is 0 Å². The lowest BCUT2D eigenvalue weighted by Gasteiger charge is -2.50. The van der Waals surface area contributed by atoms with Crippen molar-refractivity contribution in [2.45, 2.75) is 70.9 Å². The van der Waals surface area contributed by atoms with E-state index in [4.69, 9.17) is 0 Å². The van der Waals surface area contributed by atoms with Crippen molar-refractivity contribution in [1.82, 2.24) is 19.8 Å². The van der Waals surface area contributed by atoms with Crippen LogP contribution in [0.3, 0.4) is 0 Å². The van der Waals surface area contributed by atoms with Crippen LogP contribution < -0.4 is 9.64 Å². The number of halogens is 3. The normalized spacial score (nSPS) is 18.1. The van der Waals surface area contributed by atoms with Crippen LogP contribution in [0.5, 0.6) is 5.75 Å². The zero-order valence-corrected chi connectivity index (χ0v) is 24.4. The van der Waals surface area contributed by atoms with E-state index < -0.39 is 6.36 Å². The van der Waals surface area contributed by atoms with Crippen LogP contribution >= 0.6 is 0 Å². The minimum Gasteiger partial charge on any atom is -0.406 e. The van der Waals surface area contributed by atoms with Gasteiger partial charge in [0.25, 0.3) is 5.91 Å². The SMILES string of the molecule is Cc1ncnc(C)c1C(=O)N1CCC(C)(N2CCC(N(Cc3ccccc3)c3cccc(OC(F)(F)F)c3)CC2)CC1. The van der Waals surface area contributed by atoms with E-state index in [-0.39, 0.29) is 23.2 Å². The Bertz CT molecular complexity index is 1350. The highest BCUT2D eigenvalue weighted by molar-refractivity contribution is 5.96. The number of alkyl halides is 3. The molecule has 0 aliphatic carbocycles. The van der Waals surface area contributed by atoms with Gasteiger partial charge in [0.2, 0.25) is 0 Å². The van der Waals surface area contributed by atoms with Crippen molar-refractivity contribution in [3.05, 3.63) is 83.4 Å². The molecule has 0 N–H and O–H groups in total. The molecule has 0 spiro atoms. The summed E-state index contributed by atoms with van der Waals surface area (Å²) in [6.07, 6.45) is 0.270. The summed E-state index contributed by atoms with van der Waals surface area (Å²) in [5, 5.41) is 0. The molecule has 5 rings (SSSR count). The summed E-state index contributed by atoms with van der Waals surface area (Å²) in [4.78, 5) is 28.4. The number of amides is 1. The number of hydrogen-bond donors (Lipinski definition) is 0. The van der Waals surface area contributed by atoms with Crippen LogP contribution in [0.4, 0.5) is 18.9 Å². The number of hydrogen-bond acceptors (Lipinski definition) is 6. The molecule has 2 aromatic carbocycles. The molecule has 0 radical (unpaired) electrons. The Labute approximate surface area is 245 Å². The van der Waals surface area contributed by atoms with Gasteiger partial charge in [-0.15, -0.1) is 13.2 Å². The van der Waals surface area contributed by atoms with Crippen LogP contribution in [0.15, 0.2) is 60.9 Å². The van der Waals surface area contributed by atoms with Gasteiger partial charge in [0, 0.05) is 56.1 Å². The monoisotopic (exact) mass is 581 g/mol. The molecule has 2 aliphatic rings. The fourth-order valence-corrected chi connectivity index (χ4v) is 6.36. The zero-order valence-electron chi connectivity index (χ0n) is 24.4. The number of ether oxygens (including phenoxy) is 1. The first-order chi connectivity index (χ1) is 20.0. The van der Waals surface area contributed by atoms with Gasteiger partial charge in [0.1, 0.15) is 12.1 Å². The van der Waals surface area contributed by atoms with E-state index in [0.29, 0.717) is 42.3 Å². The Hall–Kier alpha value is -3.66. The Morgan fingerprint density at radius 3 is 2.24 bits per heavy atom. The molecule has 3 heterocycles. The predicted molar refractivity (Wildman–Crippen MR) is 155 cm³/mol. The van der Waals surface area contributed by atoms with Crippen molar-refractivity contribution in [2.24, 2.45) is 0 Å². The van der Waals surface area contributed by atoms with Gasteiger partial charge in [-0.1, -0.05) is 36.4 Å². The van der Waals surface area contributed by atoms with Crippen LogP contribution in [0.1, 0.15) is 59.9 Å². The van der Waals surface area contributed by atoms with Gasteiger partial charge in [-0.2, -0.15) is 0 Å². The van der Waals surface area contributed by atoms with Gasteiger partial charge < -0.3 is 14.5 Å². The topological polar surface area (TPSA) is 61.8 Å². The van der Waals surface area contributed by atoms with E-state index in [9.17, 15) is 18.0 Å². The molecule has 10 heteroatoms. The maximum Gasteiger partial charge on any atom is 0.573 e. The van der Waals surface area contributed by atoms with Crippen LogP contribution in [0, 0.1) is 13.8 Å². The van der Waals surface area contributed by atoms with Crippen molar-refractivity contribution in [3.63, 3.8) is 0 Å². The Balaban J connectivity index is 1.25. The molecule has 2 aliphatic heterocycles. The summed E-state index contributed by atoms with van der Waals surface area (Å²) in [7, 11) is 0. The summed E-state index contributed by atoms with van der Waals surface area (Å²) in [6.45, 7) is 9.69. The number of nitrogens with zero attached hydrogens (tertiary/aromatic N) is 5. The van der Waals surface area contributed by atoms with Crippen molar-refractivity contribution in [2.75, 3.05) is 31.1 Å². The number of aryl methyl sites for hydroxylation is 2. The van der Waals surface area contributed by atoms with E-state index in [1.54, 1.807) is 6.07 Å². The van der Waals surface area contributed by atoms with Gasteiger partial charge in [0.05, 0.1) is 17.0 Å². The van der Waals surface area contributed by atoms with E-state index in [1.165, 1.54) is 18.5 Å². The van der Waals surface area contributed by atoms with Crippen LogP contribution in [0.25, 0.3) is 0 Å². The smallest absolute Gasteiger partial charge is 0.406 e. The van der Waals surface area contributed by atoms with Gasteiger partial charge in [-0.25, -0.2) is 9.97 Å². The fraction of sp³-hybridized carbons (Fsp3) is 0.469. The number of rotatable bonds is 7. The molecule has 1 amide bonds. The molecule has 1 aromatic heterocycles. The Morgan fingerprint density at radius 1 is 0.976 bits per heavy atom. The number of anilines is 1. The highest BCUT2D eigenvalue weighted by Crippen LogP contribution is 2.35. The quantitative estimate of drug-likeness (QED) is 0.333. The number of carbonyl (C=O) groups excluding carboxylic acids is 1. The molecule has 224 valence electrons. The summed E-state index contributed by atoms with van der Waals surface area (Å²) in [6, 6.07) is 16.4. The van der Waals surface area contributed by atoms with Gasteiger partial charge in [0.15, 0.2) is 0 Å². The van der Waals surface area contributed by atoms with Crippen LogP contribution in [-0.2, 0) is 6.54 Å². The van der Waals surface area contributed by atoms with Crippen molar-refractivity contribution in [1.29, 1.82) is 0 Å². The molecule has 42 heavy (non-hydrogen) atoms. The van der Waals surface area contributed by atoms with Crippen LogP contribution in [-0.4, -0.2) is 69.8 Å². The molecule has 0 bridgehead atoms. The van der Waals surface area contributed by atoms with Gasteiger partial charge in [-0.3, -0.25) is 9.69 Å². The van der Waals surface area contributed by atoms with Crippen molar-refractivity contribution < 1.29 is 22.7 Å². The molecule has 2 saturated heterocycles. The summed E-state index contributed by atoms with van der Waals surface area (Å²) >= 11 is 0. The summed E-state index contributed by atoms with van der Waals surface area (Å²) in [5.41, 5.74) is 3.80. The third-order valence-corrected chi connectivity index (χ3v) is 8.82. The lowest BCUT2D eigenvalue weighted by atomic mass is 9.85. The second-order valence-corrected chi connectivity index (χ2v) is 11.6. The maximum absolute atomic E-state index is 13.3. The Morgan fingerprint density at radius 2 is 1.62 bits per heavy atom. The lowest BCUT2D eigenvalue weighted by Crippen LogP contribution is -2.58. The molecular weight excluding hydrogens is 543 g/mol. The number of benzene rings is 2. The zero-order chi connectivity index (χ0) is 29.9. The molecule has 7 nitrogen and oxygen atoms in total. The van der Waals surface area contributed by atoms with E-state index in [1.807, 2.05) is 55.1 Å². The molecule has 0 saturated carbocycles. The third kappa shape index (κ3) is 6.86. The average Bonchev–Trinajstić information content (AvgIpc) is 2.96. The predicted octanol–water partition coefficient (Wildman–Crippen LogP) is 6.16. The second-order valence-electron chi connectivity index (χ2n) is 11.6. The summed E-state index contributed by atoms with van der Waals surface area (Å²) in [5.74, 6) is -0.212. The molecule has 2 fully saturated rings. The molecule has 3 aromatic rings. The third-order valence-electron chi connectivity index (χ3n) is 8.82. The Kier molecular flexibility index (Phi) is 8.73. The average molecular weight is 582 g/mol. The minimum absolute atomic E-state index is 0.000329. The summed E-state index contributed by atoms with van der Waals surface area (Å²) < 4.78 is 43.1.